The van der Waals surface area contributed by atoms with Crippen molar-refractivity contribution in [3.63, 3.8) is 0 Å². The molecule has 0 saturated carbocycles. The molecule has 3 saturated heterocycles. The lowest BCUT2D eigenvalue weighted by molar-refractivity contribution is -0.298. The van der Waals surface area contributed by atoms with Crippen molar-refractivity contribution in [2.45, 2.75) is 149 Å². The Kier molecular flexibility index (Phi) is 14.3. The van der Waals surface area contributed by atoms with E-state index >= 15 is 0 Å². The van der Waals surface area contributed by atoms with E-state index in [4.69, 9.17) is 23.7 Å². The smallest absolute Gasteiger partial charge is 0.316 e. The van der Waals surface area contributed by atoms with Gasteiger partial charge in [0.25, 0.3) is 0 Å². The topological polar surface area (TPSA) is 153 Å². The minimum atomic E-state index is -1.17. The summed E-state index contributed by atoms with van der Waals surface area (Å²) in [5.41, 5.74) is -2.73. The summed E-state index contributed by atoms with van der Waals surface area (Å²) in [4.78, 5) is 57.3. The van der Waals surface area contributed by atoms with Gasteiger partial charge in [-0.15, -0.1) is 0 Å². The van der Waals surface area contributed by atoms with Crippen molar-refractivity contribution in [1.82, 2.24) is 15.1 Å². The number of carbonyl (C=O) groups is 4. The van der Waals surface area contributed by atoms with E-state index in [9.17, 15) is 24.3 Å². The predicted molar refractivity (Wildman–Crippen MR) is 191 cm³/mol. The molecule has 0 radical (unpaired) electrons. The third-order valence-electron chi connectivity index (χ3n) is 11.5. The normalized spacial score (nSPS) is 40.5. The molecule has 3 rings (SSSR count). The molecule has 3 aliphatic rings. The molecule has 3 aliphatic heterocycles. The standard InChI is InChI=1S/C38H67N3O10/c1-15-28-38(10)26(17-29(42)51-38)24(5)39-19-21(2)18-37(9,47-14)32(22(3)30(43)23(4)33(45)49-28)50-34-31(44)27(40(11)12)16-25(48-34)20-41(13)35(46)36(6,7)8/h21-28,31-32,34,39,44H,15-20H2,1-14H3/t21-,22+,23?,24-,25?,26-,27?,28-,31?,32-,34?,37-,38+/m1/s1. The zero-order valence-corrected chi connectivity index (χ0v) is 33.6. The second-order valence-corrected chi connectivity index (χ2v) is 17.1. The van der Waals surface area contributed by atoms with Crippen LogP contribution >= 0.6 is 0 Å². The summed E-state index contributed by atoms with van der Waals surface area (Å²) >= 11 is 0. The number of methoxy groups -OCH3 is 1. The number of nitrogens with one attached hydrogen (secondary N) is 1. The van der Waals surface area contributed by atoms with E-state index in [-0.39, 0.29) is 48.8 Å². The molecule has 294 valence electrons. The maximum absolute atomic E-state index is 14.3. The van der Waals surface area contributed by atoms with E-state index in [0.29, 0.717) is 25.8 Å². The van der Waals surface area contributed by atoms with Crippen LogP contribution in [0.2, 0.25) is 0 Å². The first-order valence-electron chi connectivity index (χ1n) is 18.7. The zero-order valence-electron chi connectivity index (χ0n) is 33.6. The maximum atomic E-state index is 14.3. The summed E-state index contributed by atoms with van der Waals surface area (Å²) in [6.07, 6.45) is -2.96. The van der Waals surface area contributed by atoms with Gasteiger partial charge in [0.2, 0.25) is 5.91 Å². The summed E-state index contributed by atoms with van der Waals surface area (Å²) in [6, 6.07) is -0.525. The van der Waals surface area contributed by atoms with E-state index in [2.05, 4.69) is 12.2 Å². The van der Waals surface area contributed by atoms with Gasteiger partial charge in [-0.3, -0.25) is 19.2 Å². The van der Waals surface area contributed by atoms with Crippen LogP contribution in [0.25, 0.3) is 0 Å². The third kappa shape index (κ3) is 9.69. The molecule has 3 heterocycles. The van der Waals surface area contributed by atoms with Gasteiger partial charge in [0.15, 0.2) is 17.7 Å². The number of nitrogens with zero attached hydrogens (tertiary/aromatic N) is 2. The Bertz CT molecular complexity index is 1240. The van der Waals surface area contributed by atoms with Gasteiger partial charge in [0, 0.05) is 50.0 Å². The molecule has 51 heavy (non-hydrogen) atoms. The van der Waals surface area contributed by atoms with E-state index in [1.165, 1.54) is 6.92 Å². The lowest BCUT2D eigenvalue weighted by atomic mass is 9.78. The SMILES string of the molecule is CC[C@H]1OC(=O)C(C)C(=O)[C@H](C)[C@@H](OC2OC(CN(C)C(=O)C(C)(C)C)CC(N(C)C)C2O)[C@](C)(OC)C[C@@H](C)CN[C@H](C)[C@H]2CC(=O)O[C@@]21C. The van der Waals surface area contributed by atoms with Gasteiger partial charge >= 0.3 is 11.9 Å². The number of cyclic esters (lactones) is 1. The molecule has 0 aromatic rings. The number of hydrogen-bond acceptors (Lipinski definition) is 12. The third-order valence-corrected chi connectivity index (χ3v) is 11.5. The average Bonchev–Trinajstić information content (AvgIpc) is 3.37. The summed E-state index contributed by atoms with van der Waals surface area (Å²) < 4.78 is 31.3. The first-order chi connectivity index (χ1) is 23.5. The first-order valence-corrected chi connectivity index (χ1v) is 18.7. The summed E-state index contributed by atoms with van der Waals surface area (Å²) in [7, 11) is 7.05. The Morgan fingerprint density at radius 2 is 1.71 bits per heavy atom. The van der Waals surface area contributed by atoms with Gasteiger partial charge in [0.1, 0.15) is 18.1 Å². The number of fused-ring (bicyclic) bond motifs is 1. The molecule has 0 bridgehead atoms. The lowest BCUT2D eigenvalue weighted by Gasteiger charge is -2.47. The number of aliphatic hydroxyl groups is 1. The largest absolute Gasteiger partial charge is 0.458 e. The van der Waals surface area contributed by atoms with E-state index in [0.717, 1.165) is 0 Å². The molecule has 1 amide bonds. The Morgan fingerprint density at radius 3 is 2.25 bits per heavy atom. The lowest BCUT2D eigenvalue weighted by Crippen LogP contribution is -2.60. The number of carbonyl (C=O) groups excluding carboxylic acids is 4. The molecule has 0 aromatic carbocycles. The number of likely N-dealkylation sites (N-methyl/N-ethyl adjacent to an activating group) is 2. The number of amides is 1. The number of Topliss-reactive ketones (excluding diaryl/α,β-unsaturated/α-hetero) is 1. The molecule has 0 aromatic heterocycles. The first kappa shape index (κ1) is 43.2. The van der Waals surface area contributed by atoms with Crippen LogP contribution in [-0.4, -0.2) is 134 Å². The molecule has 0 spiro atoms. The Hall–Kier alpha value is -2.16. The van der Waals surface area contributed by atoms with Gasteiger partial charge in [-0.25, -0.2) is 0 Å². The number of ether oxygens (including phenoxy) is 5. The second kappa shape index (κ2) is 16.9. The quantitative estimate of drug-likeness (QED) is 0.293. The van der Waals surface area contributed by atoms with E-state index < -0.39 is 70.9 Å². The summed E-state index contributed by atoms with van der Waals surface area (Å²) in [6.45, 7) is 19.3. The fourth-order valence-corrected chi connectivity index (χ4v) is 8.40. The molecule has 3 fully saturated rings. The van der Waals surface area contributed by atoms with Crippen molar-refractivity contribution < 1.29 is 48.0 Å². The van der Waals surface area contributed by atoms with Crippen molar-refractivity contribution >= 4 is 23.6 Å². The fraction of sp³-hybridized carbons (Fsp3) is 0.895. The van der Waals surface area contributed by atoms with Crippen LogP contribution < -0.4 is 5.32 Å². The summed E-state index contributed by atoms with van der Waals surface area (Å²) in [5.74, 6) is -3.83. The highest BCUT2D eigenvalue weighted by atomic mass is 16.7. The summed E-state index contributed by atoms with van der Waals surface area (Å²) in [5, 5.41) is 15.3. The molecule has 0 aliphatic carbocycles. The monoisotopic (exact) mass is 725 g/mol. The number of ketones is 1. The number of esters is 2. The van der Waals surface area contributed by atoms with Crippen LogP contribution in [0, 0.1) is 29.1 Å². The van der Waals surface area contributed by atoms with Crippen molar-refractivity contribution in [2.75, 3.05) is 41.3 Å². The Morgan fingerprint density at radius 1 is 1.08 bits per heavy atom. The zero-order chi connectivity index (χ0) is 38.8. The highest BCUT2D eigenvalue weighted by Crippen LogP contribution is 2.42. The molecule has 13 nitrogen and oxygen atoms in total. The van der Waals surface area contributed by atoms with Crippen molar-refractivity contribution in [3.8, 4) is 0 Å². The van der Waals surface area contributed by atoms with Gasteiger partial charge < -0.3 is 43.9 Å². The average molecular weight is 726 g/mol. The van der Waals surface area contributed by atoms with Gasteiger partial charge in [-0.1, -0.05) is 41.5 Å². The van der Waals surface area contributed by atoms with Gasteiger partial charge in [-0.2, -0.15) is 0 Å². The van der Waals surface area contributed by atoms with Crippen LogP contribution in [0.5, 0.6) is 0 Å². The van der Waals surface area contributed by atoms with Crippen molar-refractivity contribution in [1.29, 1.82) is 0 Å². The minimum absolute atomic E-state index is 0.00835. The van der Waals surface area contributed by atoms with Crippen LogP contribution in [0.4, 0.5) is 0 Å². The highest BCUT2D eigenvalue weighted by molar-refractivity contribution is 6.00. The highest BCUT2D eigenvalue weighted by Gasteiger charge is 2.55. The minimum Gasteiger partial charge on any atom is -0.458 e. The fourth-order valence-electron chi connectivity index (χ4n) is 8.40. The Balaban J connectivity index is 2.02. The number of aliphatic hydroxyl groups excluding tert-OH is 1. The van der Waals surface area contributed by atoms with Gasteiger partial charge in [-0.05, 0) is 73.5 Å². The second-order valence-electron chi connectivity index (χ2n) is 17.1. The number of hydrogen-bond donors (Lipinski definition) is 2. The van der Waals surface area contributed by atoms with Gasteiger partial charge in [0.05, 0.1) is 24.2 Å². The molecule has 13 heteroatoms. The maximum Gasteiger partial charge on any atom is 0.316 e. The van der Waals surface area contributed by atoms with Crippen LogP contribution in [0.3, 0.4) is 0 Å². The van der Waals surface area contributed by atoms with Crippen LogP contribution in [-0.2, 0) is 42.9 Å². The molecule has 13 atom stereocenters. The van der Waals surface area contributed by atoms with E-state index in [1.54, 1.807) is 26.0 Å². The predicted octanol–water partition coefficient (Wildman–Crippen LogP) is 3.19. The molecular weight excluding hydrogens is 658 g/mol. The number of rotatable bonds is 7. The van der Waals surface area contributed by atoms with Crippen LogP contribution in [0.15, 0.2) is 0 Å². The molecule has 2 N–H and O–H groups in total. The molecule has 5 unspecified atom stereocenters. The molecular formula is C38H67N3O10. The van der Waals surface area contributed by atoms with E-state index in [1.807, 2.05) is 67.5 Å². The van der Waals surface area contributed by atoms with Crippen molar-refractivity contribution in [3.05, 3.63) is 0 Å². The van der Waals surface area contributed by atoms with Crippen LogP contribution in [0.1, 0.15) is 94.9 Å². The Labute approximate surface area is 305 Å². The van der Waals surface area contributed by atoms with Crippen molar-refractivity contribution in [2.24, 2.45) is 29.1 Å².